The first-order chi connectivity index (χ1) is 11.6. The molecular formula is C20H26N2OS. The van der Waals surface area contributed by atoms with Crippen LogP contribution < -0.4 is 4.90 Å². The molecule has 0 N–H and O–H groups in total. The van der Waals surface area contributed by atoms with Crippen LogP contribution in [0.3, 0.4) is 0 Å². The minimum atomic E-state index is 0.586. The molecule has 0 aliphatic carbocycles. The monoisotopic (exact) mass is 342 g/mol. The van der Waals surface area contributed by atoms with Gasteiger partial charge in [-0.1, -0.05) is 36.9 Å². The molecule has 0 radical (unpaired) electrons. The number of hydrogen-bond donors (Lipinski definition) is 0. The Balaban J connectivity index is 1.95. The molecule has 0 fully saturated rings. The van der Waals surface area contributed by atoms with E-state index in [1.165, 1.54) is 26.7 Å². The summed E-state index contributed by atoms with van der Waals surface area (Å²) in [4.78, 5) is 7.39. The number of rotatable bonds is 6. The van der Waals surface area contributed by atoms with Crippen LogP contribution in [0.4, 0.5) is 11.4 Å². The minimum Gasteiger partial charge on any atom is -0.380 e. The number of methoxy groups -OCH3 is 1. The van der Waals surface area contributed by atoms with E-state index in [-0.39, 0.29) is 0 Å². The Bertz CT molecular complexity index is 702. The van der Waals surface area contributed by atoms with Crippen LogP contribution in [0.1, 0.15) is 12.5 Å². The fourth-order valence-electron chi connectivity index (χ4n) is 3.32. The van der Waals surface area contributed by atoms with Gasteiger partial charge in [0.2, 0.25) is 0 Å². The first-order valence-electron chi connectivity index (χ1n) is 8.39. The Labute approximate surface area is 149 Å². The lowest BCUT2D eigenvalue weighted by atomic mass is 10.1. The average Bonchev–Trinajstić information content (AvgIpc) is 2.54. The van der Waals surface area contributed by atoms with Crippen molar-refractivity contribution in [2.45, 2.75) is 23.3 Å². The van der Waals surface area contributed by atoms with Gasteiger partial charge >= 0.3 is 0 Å². The molecule has 1 aliphatic rings. The smallest absolute Gasteiger partial charge is 0.0713 e. The highest BCUT2D eigenvalue weighted by atomic mass is 32.2. The van der Waals surface area contributed by atoms with E-state index in [0.717, 1.165) is 13.1 Å². The number of ether oxygens (including phenoxy) is 1. The molecule has 0 saturated carbocycles. The SMILES string of the molecule is COCc1ccc2c(c1)Sc1ccccc1N2CC(C)CN(C)C. The summed E-state index contributed by atoms with van der Waals surface area (Å²) in [6, 6.07) is 15.4. The summed E-state index contributed by atoms with van der Waals surface area (Å²) in [6.45, 7) is 5.09. The average molecular weight is 343 g/mol. The van der Waals surface area contributed by atoms with Crippen LogP contribution in [0.15, 0.2) is 52.3 Å². The van der Waals surface area contributed by atoms with E-state index in [9.17, 15) is 0 Å². The molecule has 1 heterocycles. The zero-order valence-electron chi connectivity index (χ0n) is 15.0. The summed E-state index contributed by atoms with van der Waals surface area (Å²) in [7, 11) is 6.03. The van der Waals surface area contributed by atoms with Crippen LogP contribution in [-0.4, -0.2) is 39.2 Å². The third-order valence-electron chi connectivity index (χ3n) is 4.17. The molecule has 128 valence electrons. The predicted octanol–water partition coefficient (Wildman–Crippen LogP) is 4.63. The summed E-state index contributed by atoms with van der Waals surface area (Å²) < 4.78 is 5.30. The highest BCUT2D eigenvalue weighted by Crippen LogP contribution is 2.48. The van der Waals surface area contributed by atoms with E-state index in [2.05, 4.69) is 73.3 Å². The van der Waals surface area contributed by atoms with Crippen molar-refractivity contribution >= 4 is 23.1 Å². The van der Waals surface area contributed by atoms with E-state index < -0.39 is 0 Å². The van der Waals surface area contributed by atoms with Gasteiger partial charge in [-0.05, 0) is 49.8 Å². The van der Waals surface area contributed by atoms with E-state index in [1.54, 1.807) is 7.11 Å². The van der Waals surface area contributed by atoms with E-state index >= 15 is 0 Å². The van der Waals surface area contributed by atoms with Gasteiger partial charge < -0.3 is 14.5 Å². The number of fused-ring (bicyclic) bond motifs is 2. The second-order valence-electron chi connectivity index (χ2n) is 6.78. The molecule has 0 spiro atoms. The van der Waals surface area contributed by atoms with Crippen LogP contribution in [0.2, 0.25) is 0 Å². The Kier molecular flexibility index (Phi) is 5.49. The number of hydrogen-bond acceptors (Lipinski definition) is 4. The van der Waals surface area contributed by atoms with E-state index in [0.29, 0.717) is 12.5 Å². The van der Waals surface area contributed by atoms with Gasteiger partial charge in [0.05, 0.1) is 18.0 Å². The summed E-state index contributed by atoms with van der Waals surface area (Å²) in [5.74, 6) is 0.586. The maximum atomic E-state index is 5.30. The maximum absolute atomic E-state index is 5.30. The second-order valence-corrected chi connectivity index (χ2v) is 7.87. The molecule has 2 aromatic carbocycles. The molecule has 0 bridgehead atoms. The van der Waals surface area contributed by atoms with Crippen molar-refractivity contribution < 1.29 is 4.74 Å². The first kappa shape index (κ1) is 17.3. The lowest BCUT2D eigenvalue weighted by Crippen LogP contribution is -2.31. The largest absolute Gasteiger partial charge is 0.380 e. The van der Waals surface area contributed by atoms with Crippen molar-refractivity contribution in [2.75, 3.05) is 39.2 Å². The predicted molar refractivity (Wildman–Crippen MR) is 102 cm³/mol. The molecule has 1 aliphatic heterocycles. The zero-order valence-corrected chi connectivity index (χ0v) is 15.8. The van der Waals surface area contributed by atoms with Gasteiger partial charge in [-0.3, -0.25) is 0 Å². The quantitative estimate of drug-likeness (QED) is 0.760. The van der Waals surface area contributed by atoms with Crippen molar-refractivity contribution in [2.24, 2.45) is 5.92 Å². The van der Waals surface area contributed by atoms with Gasteiger partial charge in [-0.15, -0.1) is 0 Å². The molecule has 24 heavy (non-hydrogen) atoms. The van der Waals surface area contributed by atoms with Crippen molar-refractivity contribution in [3.63, 3.8) is 0 Å². The molecule has 0 saturated heterocycles. The molecule has 1 atom stereocenters. The van der Waals surface area contributed by atoms with Crippen LogP contribution in [-0.2, 0) is 11.3 Å². The third-order valence-corrected chi connectivity index (χ3v) is 5.29. The van der Waals surface area contributed by atoms with Gasteiger partial charge in [0, 0.05) is 30.0 Å². The van der Waals surface area contributed by atoms with E-state index in [1.807, 2.05) is 11.8 Å². The van der Waals surface area contributed by atoms with Crippen molar-refractivity contribution in [1.82, 2.24) is 4.90 Å². The maximum Gasteiger partial charge on any atom is 0.0713 e. The first-order valence-corrected chi connectivity index (χ1v) is 9.21. The highest BCUT2D eigenvalue weighted by Gasteiger charge is 2.24. The highest BCUT2D eigenvalue weighted by molar-refractivity contribution is 7.99. The zero-order chi connectivity index (χ0) is 17.1. The molecule has 1 unspecified atom stereocenters. The van der Waals surface area contributed by atoms with Gasteiger partial charge in [-0.2, -0.15) is 0 Å². The Hall–Kier alpha value is -1.49. The van der Waals surface area contributed by atoms with Crippen LogP contribution in [0.25, 0.3) is 0 Å². The van der Waals surface area contributed by atoms with Crippen LogP contribution in [0, 0.1) is 5.92 Å². The van der Waals surface area contributed by atoms with Gasteiger partial charge in [0.25, 0.3) is 0 Å². The normalized spacial score (nSPS) is 14.5. The standard InChI is InChI=1S/C20H26N2OS/c1-15(12-21(2)3)13-22-17-7-5-6-8-19(17)24-20-11-16(14-23-4)9-10-18(20)22/h5-11,15H,12-14H2,1-4H3. The number of benzene rings is 2. The molecule has 4 heteroatoms. The van der Waals surface area contributed by atoms with Gasteiger partial charge in [0.15, 0.2) is 0 Å². The molecule has 3 nitrogen and oxygen atoms in total. The number of nitrogens with zero attached hydrogens (tertiary/aromatic N) is 2. The second kappa shape index (κ2) is 7.60. The van der Waals surface area contributed by atoms with E-state index in [4.69, 9.17) is 4.74 Å². The third kappa shape index (κ3) is 3.77. The molecular weight excluding hydrogens is 316 g/mol. The minimum absolute atomic E-state index is 0.586. The summed E-state index contributed by atoms with van der Waals surface area (Å²) in [5.41, 5.74) is 3.86. The Morgan fingerprint density at radius 2 is 1.83 bits per heavy atom. The van der Waals surface area contributed by atoms with Crippen molar-refractivity contribution in [1.29, 1.82) is 0 Å². The molecule has 0 amide bonds. The lowest BCUT2D eigenvalue weighted by Gasteiger charge is -2.35. The van der Waals surface area contributed by atoms with Gasteiger partial charge in [0.1, 0.15) is 0 Å². The molecule has 3 rings (SSSR count). The Morgan fingerprint density at radius 3 is 2.58 bits per heavy atom. The molecule has 2 aromatic rings. The molecule has 0 aromatic heterocycles. The summed E-state index contributed by atoms with van der Waals surface area (Å²) >= 11 is 1.86. The summed E-state index contributed by atoms with van der Waals surface area (Å²) in [6.07, 6.45) is 0. The summed E-state index contributed by atoms with van der Waals surface area (Å²) in [5, 5.41) is 0. The Morgan fingerprint density at radius 1 is 1.08 bits per heavy atom. The van der Waals surface area contributed by atoms with Crippen molar-refractivity contribution in [3.8, 4) is 0 Å². The van der Waals surface area contributed by atoms with Crippen LogP contribution in [0.5, 0.6) is 0 Å². The van der Waals surface area contributed by atoms with Gasteiger partial charge in [-0.25, -0.2) is 0 Å². The lowest BCUT2D eigenvalue weighted by molar-refractivity contribution is 0.184. The topological polar surface area (TPSA) is 15.7 Å². The number of para-hydroxylation sites is 1. The number of anilines is 2. The fourth-order valence-corrected chi connectivity index (χ4v) is 4.48. The van der Waals surface area contributed by atoms with Crippen molar-refractivity contribution in [3.05, 3.63) is 48.0 Å². The van der Waals surface area contributed by atoms with Crippen LogP contribution >= 0.6 is 11.8 Å². The fraction of sp³-hybridized carbons (Fsp3) is 0.400.